The van der Waals surface area contributed by atoms with Crippen LogP contribution in [0.4, 0.5) is 10.1 Å². The minimum absolute atomic E-state index is 0.0573. The van der Waals surface area contributed by atoms with Gasteiger partial charge in [0.2, 0.25) is 4.96 Å². The molecule has 0 radical (unpaired) electrons. The van der Waals surface area contributed by atoms with E-state index in [1.165, 1.54) is 23.5 Å². The molecule has 1 aromatic carbocycles. The van der Waals surface area contributed by atoms with Crippen molar-refractivity contribution in [1.82, 2.24) is 19.8 Å². The van der Waals surface area contributed by atoms with Crippen LogP contribution < -0.4 is 5.73 Å². The summed E-state index contributed by atoms with van der Waals surface area (Å²) in [4.78, 5) is 0.674. The van der Waals surface area contributed by atoms with E-state index in [0.29, 0.717) is 21.4 Å². The largest absolute Gasteiger partial charge is 0.396 e. The van der Waals surface area contributed by atoms with Gasteiger partial charge in [0.1, 0.15) is 16.9 Å². The lowest BCUT2D eigenvalue weighted by Crippen LogP contribution is -2.03. The fraction of sp³-hybridized carbons (Fsp3) is 0.308. The van der Waals surface area contributed by atoms with Gasteiger partial charge in [0.25, 0.3) is 0 Å². The van der Waals surface area contributed by atoms with Crippen molar-refractivity contribution in [2.75, 3.05) is 12.3 Å². The van der Waals surface area contributed by atoms with Crippen LogP contribution in [0.2, 0.25) is 0 Å². The molecule has 21 heavy (non-hydrogen) atoms. The van der Waals surface area contributed by atoms with Crippen LogP contribution in [0.3, 0.4) is 0 Å². The quantitative estimate of drug-likeness (QED) is 0.736. The average Bonchev–Trinajstić information content (AvgIpc) is 3.16. The maximum absolute atomic E-state index is 13.6. The van der Waals surface area contributed by atoms with Gasteiger partial charge in [0, 0.05) is 12.2 Å². The summed E-state index contributed by atoms with van der Waals surface area (Å²) in [6.07, 6.45) is 1.88. The zero-order valence-electron chi connectivity index (χ0n) is 11.0. The smallest absolute Gasteiger partial charge is 0.235 e. The predicted octanol–water partition coefficient (Wildman–Crippen LogP) is 2.43. The van der Waals surface area contributed by atoms with Crippen LogP contribution in [0.25, 0.3) is 15.5 Å². The van der Waals surface area contributed by atoms with Gasteiger partial charge in [0.15, 0.2) is 5.82 Å². The molecular weight excluding hydrogens is 293 g/mol. The van der Waals surface area contributed by atoms with Gasteiger partial charge in [-0.1, -0.05) is 11.3 Å². The summed E-state index contributed by atoms with van der Waals surface area (Å²) in [5.74, 6) is 0.263. The first kappa shape index (κ1) is 12.7. The molecule has 4 rings (SSSR count). The zero-order valence-corrected chi connectivity index (χ0v) is 11.8. The number of halogens is 1. The lowest BCUT2D eigenvalue weighted by atomic mass is 10.2. The van der Waals surface area contributed by atoms with Crippen molar-refractivity contribution in [1.29, 1.82) is 0 Å². The molecule has 1 aliphatic heterocycles. The standard InChI is InChI=1S/C13H12FN5OS/c14-8-6-7(3-4-9(8)15)12-18-19-11(10-2-1-5-20-10)16-17-13(19)21-12/h3-4,6,10H,1-2,5,15H2. The predicted molar refractivity (Wildman–Crippen MR) is 76.4 cm³/mol. The van der Waals surface area contributed by atoms with Crippen molar-refractivity contribution in [3.8, 4) is 10.6 Å². The molecule has 1 aliphatic rings. The lowest BCUT2D eigenvalue weighted by Gasteiger charge is -2.04. The monoisotopic (exact) mass is 305 g/mol. The third kappa shape index (κ3) is 2.07. The second kappa shape index (κ2) is 4.74. The Bertz CT molecular complexity index is 808. The number of benzene rings is 1. The molecule has 3 aromatic rings. The molecule has 108 valence electrons. The number of nitrogen functional groups attached to an aromatic ring is 1. The Morgan fingerprint density at radius 2 is 2.29 bits per heavy atom. The zero-order chi connectivity index (χ0) is 14.4. The van der Waals surface area contributed by atoms with E-state index < -0.39 is 5.82 Å². The number of nitrogens with zero attached hydrogens (tertiary/aromatic N) is 4. The Balaban J connectivity index is 1.78. The van der Waals surface area contributed by atoms with Gasteiger partial charge < -0.3 is 10.5 Å². The highest BCUT2D eigenvalue weighted by Gasteiger charge is 2.25. The van der Waals surface area contributed by atoms with Gasteiger partial charge in [-0.3, -0.25) is 0 Å². The first-order valence-electron chi connectivity index (χ1n) is 6.61. The molecule has 0 spiro atoms. The molecule has 0 aliphatic carbocycles. The molecule has 0 saturated carbocycles. The molecule has 8 heteroatoms. The summed E-state index contributed by atoms with van der Waals surface area (Å²) in [5, 5.41) is 13.4. The van der Waals surface area contributed by atoms with E-state index in [4.69, 9.17) is 10.5 Å². The summed E-state index contributed by atoms with van der Waals surface area (Å²) in [6, 6.07) is 4.66. The van der Waals surface area contributed by atoms with Crippen molar-refractivity contribution in [3.63, 3.8) is 0 Å². The Morgan fingerprint density at radius 3 is 3.05 bits per heavy atom. The second-order valence-corrected chi connectivity index (χ2v) is 5.85. The Kier molecular flexibility index (Phi) is 2.86. The molecule has 2 N–H and O–H groups in total. The molecule has 1 saturated heterocycles. The maximum atomic E-state index is 13.6. The number of rotatable bonds is 2. The number of nitrogens with two attached hydrogens (primary N) is 1. The van der Waals surface area contributed by atoms with Crippen LogP contribution in [0.1, 0.15) is 24.8 Å². The second-order valence-electron chi connectivity index (χ2n) is 4.90. The molecule has 2 aromatic heterocycles. The van der Waals surface area contributed by atoms with E-state index in [1.54, 1.807) is 10.6 Å². The van der Waals surface area contributed by atoms with Crippen molar-refractivity contribution in [2.45, 2.75) is 18.9 Å². The van der Waals surface area contributed by atoms with Gasteiger partial charge in [0.05, 0.1) is 5.69 Å². The van der Waals surface area contributed by atoms with Crippen LogP contribution in [0.5, 0.6) is 0 Å². The van der Waals surface area contributed by atoms with Crippen molar-refractivity contribution < 1.29 is 9.13 Å². The number of hydrogen-bond acceptors (Lipinski definition) is 6. The highest BCUT2D eigenvalue weighted by molar-refractivity contribution is 7.19. The normalized spacial score (nSPS) is 18.6. The number of ether oxygens (including phenoxy) is 1. The summed E-state index contributed by atoms with van der Waals surface area (Å²) >= 11 is 1.36. The summed E-state index contributed by atoms with van der Waals surface area (Å²) in [5.41, 5.74) is 6.30. The molecule has 1 fully saturated rings. The highest BCUT2D eigenvalue weighted by Crippen LogP contribution is 2.31. The summed E-state index contributed by atoms with van der Waals surface area (Å²) in [6.45, 7) is 0.736. The Morgan fingerprint density at radius 1 is 1.38 bits per heavy atom. The third-order valence-corrected chi connectivity index (χ3v) is 4.43. The number of hydrogen-bond donors (Lipinski definition) is 1. The SMILES string of the molecule is Nc1ccc(-c2nn3c(C4CCCO4)nnc3s2)cc1F. The van der Waals surface area contributed by atoms with Crippen LogP contribution in [-0.2, 0) is 4.74 Å². The van der Waals surface area contributed by atoms with Gasteiger partial charge >= 0.3 is 0 Å². The first-order chi connectivity index (χ1) is 10.2. The molecule has 6 nitrogen and oxygen atoms in total. The van der Waals surface area contributed by atoms with E-state index in [-0.39, 0.29) is 11.8 Å². The maximum Gasteiger partial charge on any atom is 0.235 e. The van der Waals surface area contributed by atoms with E-state index in [1.807, 2.05) is 0 Å². The minimum Gasteiger partial charge on any atom is -0.396 e. The fourth-order valence-corrected chi connectivity index (χ4v) is 3.23. The number of anilines is 1. The van der Waals surface area contributed by atoms with Gasteiger partial charge in [-0.2, -0.15) is 9.61 Å². The lowest BCUT2D eigenvalue weighted by molar-refractivity contribution is 0.103. The van der Waals surface area contributed by atoms with Crippen molar-refractivity contribution in [2.24, 2.45) is 0 Å². The van der Waals surface area contributed by atoms with Gasteiger partial charge in [-0.25, -0.2) is 4.39 Å². The number of fused-ring (bicyclic) bond motifs is 1. The average molecular weight is 305 g/mol. The highest BCUT2D eigenvalue weighted by atomic mass is 32.1. The van der Waals surface area contributed by atoms with Gasteiger partial charge in [-0.05, 0) is 31.0 Å². The van der Waals surface area contributed by atoms with Crippen molar-refractivity contribution in [3.05, 3.63) is 29.8 Å². The minimum atomic E-state index is -0.446. The summed E-state index contributed by atoms with van der Waals surface area (Å²) < 4.78 is 20.9. The van der Waals surface area contributed by atoms with Gasteiger partial charge in [-0.15, -0.1) is 10.2 Å². The number of aromatic nitrogens is 4. The Hall–Kier alpha value is -2.06. The molecular formula is C13H12FN5OS. The molecule has 0 amide bonds. The third-order valence-electron chi connectivity index (χ3n) is 3.48. The fourth-order valence-electron chi connectivity index (χ4n) is 2.39. The van der Waals surface area contributed by atoms with E-state index in [2.05, 4.69) is 15.3 Å². The molecule has 0 bridgehead atoms. The van der Waals surface area contributed by atoms with E-state index >= 15 is 0 Å². The molecule has 3 heterocycles. The van der Waals surface area contributed by atoms with Crippen LogP contribution in [-0.4, -0.2) is 26.4 Å². The topological polar surface area (TPSA) is 78.3 Å². The first-order valence-corrected chi connectivity index (χ1v) is 7.43. The van der Waals surface area contributed by atoms with Crippen LogP contribution in [0, 0.1) is 5.82 Å². The van der Waals surface area contributed by atoms with Crippen LogP contribution in [0.15, 0.2) is 18.2 Å². The molecule has 1 unspecified atom stereocenters. The molecule has 1 atom stereocenters. The van der Waals surface area contributed by atoms with E-state index in [0.717, 1.165) is 19.4 Å². The summed E-state index contributed by atoms with van der Waals surface area (Å²) in [7, 11) is 0. The van der Waals surface area contributed by atoms with Crippen molar-refractivity contribution >= 4 is 22.0 Å². The van der Waals surface area contributed by atoms with Crippen LogP contribution >= 0.6 is 11.3 Å². The van der Waals surface area contributed by atoms with E-state index in [9.17, 15) is 4.39 Å². The Labute approximate surface area is 123 Å².